The van der Waals surface area contributed by atoms with Crippen LogP contribution < -0.4 is 10.1 Å². The minimum absolute atomic E-state index is 0.260. The lowest BCUT2D eigenvalue weighted by atomic mass is 10.1. The molecule has 23 heavy (non-hydrogen) atoms. The van der Waals surface area contributed by atoms with Gasteiger partial charge in [0.15, 0.2) is 0 Å². The van der Waals surface area contributed by atoms with E-state index < -0.39 is 12.2 Å². The second kappa shape index (κ2) is 8.07. The molecule has 124 valence electrons. The highest BCUT2D eigenvalue weighted by molar-refractivity contribution is 5.85. The first-order valence-electron chi connectivity index (χ1n) is 7.49. The van der Waals surface area contributed by atoms with Gasteiger partial charge in [0.2, 0.25) is 0 Å². The minimum Gasteiger partial charge on any atom is -0.450 e. The monoisotopic (exact) mass is 320 g/mol. The molecular weight excluding hydrogens is 300 g/mol. The first kappa shape index (κ1) is 16.7. The predicted molar refractivity (Wildman–Crippen MR) is 84.7 cm³/mol. The van der Waals surface area contributed by atoms with Crippen molar-refractivity contribution in [3.8, 4) is 5.75 Å². The van der Waals surface area contributed by atoms with Crippen LogP contribution in [0.5, 0.6) is 5.75 Å². The Balaban J connectivity index is 2.03. The fourth-order valence-electron chi connectivity index (χ4n) is 2.15. The number of carbonyl (C=O) groups excluding carboxylic acids is 2. The summed E-state index contributed by atoms with van der Waals surface area (Å²) in [7, 11) is 0. The van der Waals surface area contributed by atoms with Crippen molar-refractivity contribution in [3.63, 3.8) is 0 Å². The van der Waals surface area contributed by atoms with E-state index in [2.05, 4.69) is 10.3 Å². The highest BCUT2D eigenvalue weighted by Gasteiger charge is 2.09. The Kier molecular flexibility index (Phi) is 5.85. The van der Waals surface area contributed by atoms with Crippen LogP contribution in [-0.2, 0) is 15.9 Å². The van der Waals surface area contributed by atoms with E-state index >= 15 is 0 Å². The van der Waals surface area contributed by atoms with Gasteiger partial charge < -0.3 is 24.5 Å². The molecule has 1 heterocycles. The fourth-order valence-corrected chi connectivity index (χ4v) is 2.15. The fraction of sp³-hybridized carbons (Fsp3) is 0.375. The smallest absolute Gasteiger partial charge is 0.450 e. The van der Waals surface area contributed by atoms with Gasteiger partial charge in [0.1, 0.15) is 5.75 Å². The third-order valence-electron chi connectivity index (χ3n) is 3.14. The quantitative estimate of drug-likeness (QED) is 0.631. The number of ether oxygens (including phenoxy) is 3. The van der Waals surface area contributed by atoms with Crippen molar-refractivity contribution in [2.75, 3.05) is 19.8 Å². The molecule has 0 saturated heterocycles. The Bertz CT molecular complexity index is 680. The molecule has 0 aliphatic rings. The van der Waals surface area contributed by atoms with Crippen molar-refractivity contribution in [2.24, 2.45) is 0 Å². The molecule has 1 amide bonds. The number of H-pyrrole nitrogens is 1. The van der Waals surface area contributed by atoms with E-state index in [1.54, 1.807) is 26.0 Å². The van der Waals surface area contributed by atoms with Crippen LogP contribution in [0.1, 0.15) is 19.4 Å². The molecule has 1 aromatic carbocycles. The number of hydrogen-bond acceptors (Lipinski definition) is 5. The highest BCUT2D eigenvalue weighted by Crippen LogP contribution is 2.24. The molecule has 0 bridgehead atoms. The van der Waals surface area contributed by atoms with Crippen LogP contribution in [-0.4, -0.2) is 37.0 Å². The molecule has 2 N–H and O–H groups in total. The summed E-state index contributed by atoms with van der Waals surface area (Å²) in [6, 6.07) is 5.28. The lowest BCUT2D eigenvalue weighted by Gasteiger charge is -2.06. The summed E-state index contributed by atoms with van der Waals surface area (Å²) in [5, 5.41) is 3.60. The van der Waals surface area contributed by atoms with Crippen molar-refractivity contribution in [2.45, 2.75) is 20.3 Å². The number of nitrogens with one attached hydrogen (secondary N) is 2. The number of benzene rings is 1. The molecule has 0 fully saturated rings. The molecule has 7 heteroatoms. The van der Waals surface area contributed by atoms with Gasteiger partial charge in [0.05, 0.1) is 13.2 Å². The molecule has 0 radical (unpaired) electrons. The van der Waals surface area contributed by atoms with Gasteiger partial charge in [-0.3, -0.25) is 0 Å². The lowest BCUT2D eigenvalue weighted by molar-refractivity contribution is 0.104. The van der Waals surface area contributed by atoms with Crippen molar-refractivity contribution in [1.82, 2.24) is 10.3 Å². The van der Waals surface area contributed by atoms with Gasteiger partial charge in [-0.25, -0.2) is 9.59 Å². The standard InChI is InChI=1S/C16H20N2O5/c1-3-21-15(19)17-8-7-11-10-18-14-6-5-12(9-13(11)14)23-16(20)22-4-2/h5-6,9-10,18H,3-4,7-8H2,1-2H3,(H,17,19). The highest BCUT2D eigenvalue weighted by atomic mass is 16.7. The number of alkyl carbamates (subject to hydrolysis) is 1. The number of aromatic amines is 1. The Morgan fingerprint density at radius 2 is 1.96 bits per heavy atom. The van der Waals surface area contributed by atoms with E-state index in [4.69, 9.17) is 14.2 Å². The predicted octanol–water partition coefficient (Wildman–Crippen LogP) is 2.99. The Hall–Kier alpha value is -2.70. The topological polar surface area (TPSA) is 89.6 Å². The molecular formula is C16H20N2O5. The van der Waals surface area contributed by atoms with E-state index in [0.717, 1.165) is 16.5 Å². The van der Waals surface area contributed by atoms with E-state index in [1.165, 1.54) is 0 Å². The summed E-state index contributed by atoms with van der Waals surface area (Å²) in [5.74, 6) is 0.412. The summed E-state index contributed by atoms with van der Waals surface area (Å²) < 4.78 is 14.7. The zero-order valence-corrected chi connectivity index (χ0v) is 13.2. The van der Waals surface area contributed by atoms with Crippen LogP contribution in [0.3, 0.4) is 0 Å². The molecule has 0 saturated carbocycles. The largest absolute Gasteiger partial charge is 0.513 e. The van der Waals surface area contributed by atoms with Crippen LogP contribution in [0.2, 0.25) is 0 Å². The van der Waals surface area contributed by atoms with Crippen LogP contribution >= 0.6 is 0 Å². The average molecular weight is 320 g/mol. The van der Waals surface area contributed by atoms with Gasteiger partial charge in [-0.15, -0.1) is 0 Å². The number of fused-ring (bicyclic) bond motifs is 1. The first-order chi connectivity index (χ1) is 11.1. The van der Waals surface area contributed by atoms with Gasteiger partial charge in [-0.2, -0.15) is 0 Å². The third-order valence-corrected chi connectivity index (χ3v) is 3.14. The Morgan fingerprint density at radius 1 is 1.17 bits per heavy atom. The molecule has 0 spiro atoms. The molecule has 7 nitrogen and oxygen atoms in total. The number of aromatic nitrogens is 1. The van der Waals surface area contributed by atoms with Crippen LogP contribution in [0.25, 0.3) is 10.9 Å². The molecule has 2 rings (SSSR count). The van der Waals surface area contributed by atoms with E-state index in [9.17, 15) is 9.59 Å². The van der Waals surface area contributed by atoms with E-state index in [-0.39, 0.29) is 6.61 Å². The zero-order chi connectivity index (χ0) is 16.7. The van der Waals surface area contributed by atoms with Crippen molar-refractivity contribution < 1.29 is 23.8 Å². The van der Waals surface area contributed by atoms with Gasteiger partial charge in [-0.1, -0.05) is 0 Å². The summed E-state index contributed by atoms with van der Waals surface area (Å²) >= 11 is 0. The van der Waals surface area contributed by atoms with Gasteiger partial charge in [0, 0.05) is 23.6 Å². The summed E-state index contributed by atoms with van der Waals surface area (Å²) in [6.45, 7) is 4.52. The third kappa shape index (κ3) is 4.64. The Morgan fingerprint density at radius 3 is 2.70 bits per heavy atom. The van der Waals surface area contributed by atoms with Crippen LogP contribution in [0.4, 0.5) is 9.59 Å². The summed E-state index contributed by atoms with van der Waals surface area (Å²) in [6.07, 6.45) is 1.33. The molecule has 0 aliphatic carbocycles. The maximum Gasteiger partial charge on any atom is 0.513 e. The van der Waals surface area contributed by atoms with Gasteiger partial charge in [-0.05, 0) is 44.0 Å². The minimum atomic E-state index is -0.729. The molecule has 0 aliphatic heterocycles. The normalized spacial score (nSPS) is 10.3. The van der Waals surface area contributed by atoms with Crippen LogP contribution in [0, 0.1) is 0 Å². The average Bonchev–Trinajstić information content (AvgIpc) is 2.90. The van der Waals surface area contributed by atoms with Crippen molar-refractivity contribution in [3.05, 3.63) is 30.0 Å². The molecule has 0 unspecified atom stereocenters. The van der Waals surface area contributed by atoms with E-state index in [0.29, 0.717) is 25.3 Å². The van der Waals surface area contributed by atoms with Crippen LogP contribution in [0.15, 0.2) is 24.4 Å². The van der Waals surface area contributed by atoms with Gasteiger partial charge >= 0.3 is 12.2 Å². The second-order valence-corrected chi connectivity index (χ2v) is 4.70. The van der Waals surface area contributed by atoms with Crippen molar-refractivity contribution in [1.29, 1.82) is 0 Å². The second-order valence-electron chi connectivity index (χ2n) is 4.70. The van der Waals surface area contributed by atoms with Crippen molar-refractivity contribution >= 4 is 23.2 Å². The lowest BCUT2D eigenvalue weighted by Crippen LogP contribution is -2.26. The molecule has 0 atom stereocenters. The Labute approximate surface area is 133 Å². The SMILES string of the molecule is CCOC(=O)NCCc1c[nH]c2ccc(OC(=O)OCC)cc12. The summed E-state index contributed by atoms with van der Waals surface area (Å²) in [5.41, 5.74) is 1.93. The zero-order valence-electron chi connectivity index (χ0n) is 13.2. The first-order valence-corrected chi connectivity index (χ1v) is 7.49. The van der Waals surface area contributed by atoms with Gasteiger partial charge in [0.25, 0.3) is 0 Å². The number of rotatable bonds is 6. The molecule has 2 aromatic rings. The maximum atomic E-state index is 11.4. The van der Waals surface area contributed by atoms with E-state index in [1.807, 2.05) is 12.3 Å². The maximum absolute atomic E-state index is 11.4. The summed E-state index contributed by atoms with van der Waals surface area (Å²) in [4.78, 5) is 25.8. The molecule has 1 aromatic heterocycles. The number of amides is 1. The number of carbonyl (C=O) groups is 2. The number of hydrogen-bond donors (Lipinski definition) is 2.